The van der Waals surface area contributed by atoms with E-state index in [2.05, 4.69) is 5.32 Å². The van der Waals surface area contributed by atoms with Gasteiger partial charge in [-0.25, -0.2) is 0 Å². The van der Waals surface area contributed by atoms with Crippen LogP contribution >= 0.6 is 0 Å². The summed E-state index contributed by atoms with van der Waals surface area (Å²) in [5.74, 6) is -0.639. The molecule has 4 nitrogen and oxygen atoms in total. The summed E-state index contributed by atoms with van der Waals surface area (Å²) in [7, 11) is 0. The minimum absolute atomic E-state index is 0.00813. The predicted molar refractivity (Wildman–Crippen MR) is 49.7 cm³/mol. The Balaban J connectivity index is 2.11. The fourth-order valence-electron chi connectivity index (χ4n) is 2.61. The van der Waals surface area contributed by atoms with E-state index in [1.165, 1.54) is 0 Å². The van der Waals surface area contributed by atoms with Gasteiger partial charge in [-0.2, -0.15) is 0 Å². The monoisotopic (exact) mass is 197 g/mol. The molecule has 1 saturated carbocycles. The zero-order valence-electron chi connectivity index (χ0n) is 8.08. The average Bonchev–Trinajstić information content (AvgIpc) is 2.00. The van der Waals surface area contributed by atoms with Gasteiger partial charge in [0.1, 0.15) is 0 Å². The van der Waals surface area contributed by atoms with Gasteiger partial charge in [-0.15, -0.1) is 0 Å². The number of hydrogen-bond acceptors (Lipinski definition) is 2. The highest BCUT2D eigenvalue weighted by Gasteiger charge is 2.51. The number of rotatable bonds is 2. The van der Waals surface area contributed by atoms with E-state index in [0.29, 0.717) is 13.0 Å². The molecule has 0 bridgehead atoms. The first-order valence-electron chi connectivity index (χ1n) is 5.15. The van der Waals surface area contributed by atoms with Gasteiger partial charge in [0.15, 0.2) is 0 Å². The average molecular weight is 197 g/mol. The lowest BCUT2D eigenvalue weighted by atomic mass is 9.59. The van der Waals surface area contributed by atoms with Crippen molar-refractivity contribution >= 4 is 11.9 Å². The van der Waals surface area contributed by atoms with E-state index >= 15 is 0 Å². The lowest BCUT2D eigenvalue weighted by Crippen LogP contribution is -2.49. The van der Waals surface area contributed by atoms with Crippen molar-refractivity contribution < 1.29 is 14.7 Å². The van der Waals surface area contributed by atoms with Gasteiger partial charge in [-0.05, 0) is 25.2 Å². The molecule has 1 heterocycles. The molecule has 1 aliphatic carbocycles. The molecule has 0 aromatic carbocycles. The summed E-state index contributed by atoms with van der Waals surface area (Å²) in [5, 5.41) is 11.9. The van der Waals surface area contributed by atoms with E-state index in [-0.39, 0.29) is 11.8 Å². The minimum Gasteiger partial charge on any atom is -0.481 e. The first kappa shape index (κ1) is 9.49. The highest BCUT2D eigenvalue weighted by molar-refractivity contribution is 5.81. The maximum absolute atomic E-state index is 11.2. The van der Waals surface area contributed by atoms with Crippen molar-refractivity contribution in [1.82, 2.24) is 5.32 Å². The summed E-state index contributed by atoms with van der Waals surface area (Å²) in [4.78, 5) is 22.4. The molecule has 78 valence electrons. The number of carbonyl (C=O) groups excluding carboxylic acids is 1. The molecule has 2 aliphatic rings. The first-order chi connectivity index (χ1) is 6.65. The molecule has 0 radical (unpaired) electrons. The van der Waals surface area contributed by atoms with Crippen LogP contribution in [0.1, 0.15) is 32.1 Å². The number of carbonyl (C=O) groups is 2. The second-order valence-corrected chi connectivity index (χ2v) is 4.35. The van der Waals surface area contributed by atoms with E-state index in [4.69, 9.17) is 0 Å². The van der Waals surface area contributed by atoms with Crippen molar-refractivity contribution in [3.05, 3.63) is 0 Å². The van der Waals surface area contributed by atoms with E-state index < -0.39 is 11.4 Å². The molecular weight excluding hydrogens is 182 g/mol. The normalized spacial score (nSPS) is 30.3. The van der Waals surface area contributed by atoms with E-state index in [0.717, 1.165) is 25.7 Å². The Bertz CT molecular complexity index is 271. The van der Waals surface area contributed by atoms with Gasteiger partial charge in [-0.1, -0.05) is 6.42 Å². The van der Waals surface area contributed by atoms with E-state index in [1.807, 2.05) is 0 Å². The number of nitrogens with one attached hydrogen (secondary N) is 1. The second-order valence-electron chi connectivity index (χ2n) is 4.35. The molecule has 2 N–H and O–H groups in total. The Morgan fingerprint density at radius 2 is 2.21 bits per heavy atom. The molecular formula is C10H15NO3. The molecule has 0 aromatic heterocycles. The van der Waals surface area contributed by atoms with Crippen LogP contribution < -0.4 is 5.32 Å². The number of amides is 1. The summed E-state index contributed by atoms with van der Waals surface area (Å²) in [6.45, 7) is 0.637. The quantitative estimate of drug-likeness (QED) is 0.687. The largest absolute Gasteiger partial charge is 0.481 e. The van der Waals surface area contributed by atoms with Crippen molar-refractivity contribution in [2.75, 3.05) is 6.54 Å². The summed E-state index contributed by atoms with van der Waals surface area (Å²) in [5.41, 5.74) is -0.572. The zero-order valence-corrected chi connectivity index (χ0v) is 8.08. The van der Waals surface area contributed by atoms with Crippen LogP contribution in [0.25, 0.3) is 0 Å². The van der Waals surface area contributed by atoms with Gasteiger partial charge in [0.25, 0.3) is 0 Å². The number of piperidine rings is 1. The Morgan fingerprint density at radius 3 is 2.64 bits per heavy atom. The van der Waals surface area contributed by atoms with Gasteiger partial charge >= 0.3 is 5.97 Å². The standard InChI is InChI=1S/C10H15NO3/c12-8-6-7(2-5-11-8)10(9(13)14)3-1-4-10/h7H,1-6H2,(H,11,12)(H,13,14). The second kappa shape index (κ2) is 3.26. The molecule has 0 aromatic rings. The summed E-state index contributed by atoms with van der Waals surface area (Å²) < 4.78 is 0. The third-order valence-electron chi connectivity index (χ3n) is 3.70. The molecule has 2 rings (SSSR count). The SMILES string of the molecule is O=C1CC(C2(C(=O)O)CCC2)CCN1. The van der Waals surface area contributed by atoms with Crippen molar-refractivity contribution in [3.63, 3.8) is 0 Å². The number of carboxylic acid groups (broad SMARTS) is 1. The topological polar surface area (TPSA) is 66.4 Å². The molecule has 1 amide bonds. The van der Waals surface area contributed by atoms with Crippen LogP contribution in [0, 0.1) is 11.3 Å². The third kappa shape index (κ3) is 1.29. The predicted octanol–water partition coefficient (Wildman–Crippen LogP) is 0.767. The summed E-state index contributed by atoms with van der Waals surface area (Å²) in [6.07, 6.45) is 3.70. The lowest BCUT2D eigenvalue weighted by Gasteiger charge is -2.45. The fraction of sp³-hybridized carbons (Fsp3) is 0.800. The maximum Gasteiger partial charge on any atom is 0.309 e. The van der Waals surface area contributed by atoms with Crippen LogP contribution in [-0.2, 0) is 9.59 Å². The molecule has 4 heteroatoms. The highest BCUT2D eigenvalue weighted by Crippen LogP contribution is 2.50. The maximum atomic E-state index is 11.2. The third-order valence-corrected chi connectivity index (χ3v) is 3.70. The van der Waals surface area contributed by atoms with Crippen molar-refractivity contribution in [1.29, 1.82) is 0 Å². The van der Waals surface area contributed by atoms with Gasteiger partial charge in [-0.3, -0.25) is 9.59 Å². The Morgan fingerprint density at radius 1 is 1.50 bits per heavy atom. The lowest BCUT2D eigenvalue weighted by molar-refractivity contribution is -0.161. The van der Waals surface area contributed by atoms with Crippen molar-refractivity contribution in [2.45, 2.75) is 32.1 Å². The molecule has 1 saturated heterocycles. The number of hydrogen-bond donors (Lipinski definition) is 2. The van der Waals surface area contributed by atoms with E-state index in [9.17, 15) is 14.7 Å². The van der Waals surface area contributed by atoms with Crippen LogP contribution in [0.3, 0.4) is 0 Å². The summed E-state index contributed by atoms with van der Waals surface area (Å²) >= 11 is 0. The highest BCUT2D eigenvalue weighted by atomic mass is 16.4. The molecule has 14 heavy (non-hydrogen) atoms. The van der Waals surface area contributed by atoms with Gasteiger partial charge in [0.05, 0.1) is 5.41 Å². The Hall–Kier alpha value is -1.06. The van der Waals surface area contributed by atoms with E-state index in [1.54, 1.807) is 0 Å². The van der Waals surface area contributed by atoms with Gasteiger partial charge in [0, 0.05) is 13.0 Å². The minimum atomic E-state index is -0.705. The molecule has 1 unspecified atom stereocenters. The van der Waals surface area contributed by atoms with Gasteiger partial charge in [0.2, 0.25) is 5.91 Å². The van der Waals surface area contributed by atoms with Crippen LogP contribution in [0.4, 0.5) is 0 Å². The molecule has 0 spiro atoms. The zero-order chi connectivity index (χ0) is 10.2. The Labute approximate surface area is 82.7 Å². The van der Waals surface area contributed by atoms with Crippen molar-refractivity contribution in [2.24, 2.45) is 11.3 Å². The molecule has 1 aliphatic heterocycles. The Kier molecular flexibility index (Phi) is 2.21. The smallest absolute Gasteiger partial charge is 0.309 e. The number of carboxylic acids is 1. The van der Waals surface area contributed by atoms with Gasteiger partial charge < -0.3 is 10.4 Å². The fourth-order valence-corrected chi connectivity index (χ4v) is 2.61. The van der Waals surface area contributed by atoms with Crippen molar-refractivity contribution in [3.8, 4) is 0 Å². The molecule has 2 fully saturated rings. The molecule has 1 atom stereocenters. The number of aliphatic carboxylic acids is 1. The van der Waals surface area contributed by atoms with Crippen LogP contribution in [0.2, 0.25) is 0 Å². The summed E-state index contributed by atoms with van der Waals surface area (Å²) in [6, 6.07) is 0. The van der Waals surface area contributed by atoms with Crippen LogP contribution in [0.5, 0.6) is 0 Å². The first-order valence-corrected chi connectivity index (χ1v) is 5.15. The van der Waals surface area contributed by atoms with Crippen LogP contribution in [-0.4, -0.2) is 23.5 Å². The van der Waals surface area contributed by atoms with Crippen LogP contribution in [0.15, 0.2) is 0 Å².